The molecular formula is C52H34N2S. The number of nitrogens with zero attached hydrogens (tertiary/aromatic N) is 2. The Morgan fingerprint density at radius 3 is 1.58 bits per heavy atom. The van der Waals surface area contributed by atoms with Gasteiger partial charge in [-0.25, -0.2) is 0 Å². The van der Waals surface area contributed by atoms with Gasteiger partial charge < -0.3 is 9.47 Å². The van der Waals surface area contributed by atoms with E-state index < -0.39 is 0 Å². The van der Waals surface area contributed by atoms with E-state index in [1.165, 1.54) is 80.7 Å². The molecule has 0 saturated carbocycles. The predicted molar refractivity (Wildman–Crippen MR) is 237 cm³/mol. The number of hydrogen-bond donors (Lipinski definition) is 0. The molecule has 0 unspecified atom stereocenters. The lowest BCUT2D eigenvalue weighted by Gasteiger charge is -2.26. The summed E-state index contributed by atoms with van der Waals surface area (Å²) >= 11 is 1.87. The Labute approximate surface area is 323 Å². The number of anilines is 3. The zero-order valence-electron chi connectivity index (χ0n) is 29.9. The van der Waals surface area contributed by atoms with Crippen LogP contribution in [-0.2, 0) is 0 Å². The molecule has 3 heteroatoms. The van der Waals surface area contributed by atoms with Gasteiger partial charge in [-0.15, -0.1) is 11.3 Å². The minimum Gasteiger partial charge on any atom is -0.309 e. The molecule has 0 aliphatic rings. The second-order valence-corrected chi connectivity index (χ2v) is 15.1. The first-order valence-electron chi connectivity index (χ1n) is 18.8. The number of para-hydroxylation sites is 2. The summed E-state index contributed by atoms with van der Waals surface area (Å²) in [6.07, 6.45) is 0. The van der Waals surface area contributed by atoms with Crippen molar-refractivity contribution in [2.24, 2.45) is 0 Å². The van der Waals surface area contributed by atoms with Crippen LogP contribution in [0.3, 0.4) is 0 Å². The number of thiophene rings is 1. The minimum absolute atomic E-state index is 1.11. The third-order valence-electron chi connectivity index (χ3n) is 11.0. The molecule has 258 valence electrons. The van der Waals surface area contributed by atoms with E-state index >= 15 is 0 Å². The molecule has 11 aromatic rings. The molecule has 0 amide bonds. The number of hydrogen-bond acceptors (Lipinski definition) is 2. The van der Waals surface area contributed by atoms with Crippen molar-refractivity contribution in [3.8, 4) is 27.9 Å². The first-order valence-corrected chi connectivity index (χ1v) is 19.6. The van der Waals surface area contributed by atoms with E-state index in [2.05, 4.69) is 216 Å². The average molecular weight is 719 g/mol. The van der Waals surface area contributed by atoms with Crippen LogP contribution in [0.4, 0.5) is 17.1 Å². The average Bonchev–Trinajstić information content (AvgIpc) is 3.81. The molecule has 0 spiro atoms. The summed E-state index contributed by atoms with van der Waals surface area (Å²) in [4.78, 5) is 2.43. The van der Waals surface area contributed by atoms with Crippen LogP contribution in [0, 0.1) is 0 Å². The van der Waals surface area contributed by atoms with Crippen LogP contribution in [0.25, 0.3) is 80.7 Å². The lowest BCUT2D eigenvalue weighted by atomic mass is 9.91. The fourth-order valence-electron chi connectivity index (χ4n) is 8.52. The van der Waals surface area contributed by atoms with E-state index in [-0.39, 0.29) is 0 Å². The number of fused-ring (bicyclic) bond motifs is 7. The number of aromatic nitrogens is 1. The highest BCUT2D eigenvalue weighted by Crippen LogP contribution is 2.46. The summed E-state index contributed by atoms with van der Waals surface area (Å²) in [5.74, 6) is 0. The van der Waals surface area contributed by atoms with E-state index in [1.807, 2.05) is 11.3 Å². The largest absolute Gasteiger partial charge is 0.309 e. The molecule has 0 saturated heterocycles. The van der Waals surface area contributed by atoms with Crippen molar-refractivity contribution in [2.45, 2.75) is 0 Å². The highest BCUT2D eigenvalue weighted by molar-refractivity contribution is 7.26. The SMILES string of the molecule is c1ccc(-c2cccc3cccc(-c4ccc(N(c5ccc(-n6c7ccccc7c7ccccc76)cc5)c5cccc6c5sc5ccccc56)cc4)c23)cc1. The standard InChI is InChI=1S/C52H34N2S/c1-2-13-35(14-3-1)41-20-10-15-37-16-11-21-42(51(37)41)36-27-29-38(30-28-36)53(49-25-12-22-46-45-19-6-9-26-50(45)55-52(46)49)39-31-33-40(34-32-39)54-47-23-7-4-17-43(47)44-18-5-8-24-48(44)54/h1-34H. The molecule has 2 nitrogen and oxygen atoms in total. The molecule has 9 aromatic carbocycles. The third-order valence-corrected chi connectivity index (χ3v) is 12.2. The monoisotopic (exact) mass is 718 g/mol. The topological polar surface area (TPSA) is 8.17 Å². The summed E-state index contributed by atoms with van der Waals surface area (Å²) in [6.45, 7) is 0. The summed E-state index contributed by atoms with van der Waals surface area (Å²) in [6, 6.07) is 75.1. The van der Waals surface area contributed by atoms with Crippen LogP contribution in [-0.4, -0.2) is 4.57 Å². The van der Waals surface area contributed by atoms with Crippen LogP contribution >= 0.6 is 11.3 Å². The summed E-state index contributed by atoms with van der Waals surface area (Å²) in [5, 5.41) is 7.63. The molecule has 0 aliphatic heterocycles. The lowest BCUT2D eigenvalue weighted by Crippen LogP contribution is -2.10. The van der Waals surface area contributed by atoms with E-state index in [4.69, 9.17) is 0 Å². The highest BCUT2D eigenvalue weighted by atomic mass is 32.1. The smallest absolute Gasteiger partial charge is 0.0640 e. The normalized spacial score (nSPS) is 11.6. The minimum atomic E-state index is 1.11. The van der Waals surface area contributed by atoms with Crippen LogP contribution in [0.5, 0.6) is 0 Å². The number of benzene rings is 9. The van der Waals surface area contributed by atoms with Crippen molar-refractivity contribution in [3.63, 3.8) is 0 Å². The molecule has 55 heavy (non-hydrogen) atoms. The molecule has 11 rings (SSSR count). The quantitative estimate of drug-likeness (QED) is 0.166. The van der Waals surface area contributed by atoms with Crippen molar-refractivity contribution in [1.82, 2.24) is 4.57 Å². The molecule has 2 heterocycles. The van der Waals surface area contributed by atoms with Crippen molar-refractivity contribution in [3.05, 3.63) is 206 Å². The molecule has 0 aliphatic carbocycles. The second-order valence-electron chi connectivity index (χ2n) is 14.1. The highest BCUT2D eigenvalue weighted by Gasteiger charge is 2.20. The first-order chi connectivity index (χ1) is 27.3. The molecular weight excluding hydrogens is 685 g/mol. The Morgan fingerprint density at radius 2 is 0.909 bits per heavy atom. The van der Waals surface area contributed by atoms with Gasteiger partial charge in [0.1, 0.15) is 0 Å². The molecule has 2 aromatic heterocycles. The summed E-state index contributed by atoms with van der Waals surface area (Å²) in [7, 11) is 0. The Hall–Kier alpha value is -6.94. The van der Waals surface area contributed by atoms with Crippen molar-refractivity contribution < 1.29 is 0 Å². The molecule has 0 bridgehead atoms. The van der Waals surface area contributed by atoms with Crippen LogP contribution in [0.1, 0.15) is 0 Å². The van der Waals surface area contributed by atoms with Crippen LogP contribution < -0.4 is 4.90 Å². The van der Waals surface area contributed by atoms with E-state index in [0.29, 0.717) is 0 Å². The van der Waals surface area contributed by atoms with Gasteiger partial charge in [-0.3, -0.25) is 0 Å². The summed E-state index contributed by atoms with van der Waals surface area (Å²) in [5.41, 5.74) is 11.9. The Bertz CT molecular complexity index is 3130. The van der Waals surface area contributed by atoms with Crippen molar-refractivity contribution in [2.75, 3.05) is 4.90 Å². The maximum Gasteiger partial charge on any atom is 0.0640 e. The lowest BCUT2D eigenvalue weighted by molar-refractivity contribution is 1.17. The zero-order valence-corrected chi connectivity index (χ0v) is 30.7. The van der Waals surface area contributed by atoms with E-state index in [0.717, 1.165) is 17.1 Å². The maximum atomic E-state index is 2.43. The van der Waals surface area contributed by atoms with Gasteiger partial charge in [0.25, 0.3) is 0 Å². The van der Waals surface area contributed by atoms with Gasteiger partial charge in [-0.1, -0.05) is 146 Å². The van der Waals surface area contributed by atoms with Gasteiger partial charge in [-0.2, -0.15) is 0 Å². The van der Waals surface area contributed by atoms with Gasteiger partial charge in [-0.05, 0) is 93.7 Å². The third kappa shape index (κ3) is 5.16. The van der Waals surface area contributed by atoms with Gasteiger partial charge in [0.05, 0.1) is 21.4 Å². The van der Waals surface area contributed by atoms with Gasteiger partial charge in [0.15, 0.2) is 0 Å². The van der Waals surface area contributed by atoms with Crippen molar-refractivity contribution in [1.29, 1.82) is 0 Å². The Kier molecular flexibility index (Phi) is 7.39. The maximum absolute atomic E-state index is 2.43. The first kappa shape index (κ1) is 31.6. The Balaban J connectivity index is 1.07. The molecule has 0 atom stereocenters. The fraction of sp³-hybridized carbons (Fsp3) is 0. The molecule has 0 radical (unpaired) electrons. The van der Waals surface area contributed by atoms with E-state index in [1.54, 1.807) is 0 Å². The van der Waals surface area contributed by atoms with Gasteiger partial charge >= 0.3 is 0 Å². The molecule has 0 fully saturated rings. The van der Waals surface area contributed by atoms with E-state index in [9.17, 15) is 0 Å². The Morgan fingerprint density at radius 1 is 0.382 bits per heavy atom. The number of rotatable bonds is 6. The fourth-order valence-corrected chi connectivity index (χ4v) is 9.72. The van der Waals surface area contributed by atoms with Gasteiger partial charge in [0.2, 0.25) is 0 Å². The van der Waals surface area contributed by atoms with Crippen molar-refractivity contribution >= 4 is 81.1 Å². The predicted octanol–water partition coefficient (Wildman–Crippen LogP) is 15.1. The summed E-state index contributed by atoms with van der Waals surface area (Å²) < 4.78 is 4.96. The van der Waals surface area contributed by atoms with Crippen LogP contribution in [0.15, 0.2) is 206 Å². The van der Waals surface area contributed by atoms with Gasteiger partial charge in [0, 0.05) is 43.3 Å². The van der Waals surface area contributed by atoms with Crippen LogP contribution in [0.2, 0.25) is 0 Å². The molecule has 0 N–H and O–H groups in total. The second kappa shape index (κ2) is 12.9. The zero-order chi connectivity index (χ0) is 36.3.